The van der Waals surface area contributed by atoms with Crippen molar-refractivity contribution in [2.45, 2.75) is 51.0 Å². The number of rotatable bonds is 2. The summed E-state index contributed by atoms with van der Waals surface area (Å²) < 4.78 is 0. The molecular weight excluding hydrogens is 270 g/mol. The number of carbonyl (C=O) groups is 3. The van der Waals surface area contributed by atoms with E-state index in [2.05, 4.69) is 12.2 Å². The Balaban J connectivity index is 1.65. The van der Waals surface area contributed by atoms with Crippen LogP contribution in [-0.4, -0.2) is 52.8 Å². The molecule has 1 N–H and O–H groups in total. The van der Waals surface area contributed by atoms with E-state index in [1.165, 1.54) is 0 Å². The van der Waals surface area contributed by atoms with E-state index >= 15 is 0 Å². The third-order valence-corrected chi connectivity index (χ3v) is 5.01. The highest BCUT2D eigenvalue weighted by Gasteiger charge is 2.52. The number of likely N-dealkylation sites (tertiary alicyclic amines) is 1. The van der Waals surface area contributed by atoms with E-state index in [4.69, 9.17) is 0 Å². The minimum absolute atomic E-state index is 0.111. The van der Waals surface area contributed by atoms with Crippen molar-refractivity contribution in [3.05, 3.63) is 0 Å². The molecule has 0 bridgehead atoms. The number of nitrogens with one attached hydrogen (secondary N) is 1. The lowest BCUT2D eigenvalue weighted by Gasteiger charge is -2.31. The van der Waals surface area contributed by atoms with Gasteiger partial charge in [-0.2, -0.15) is 0 Å². The zero-order chi connectivity index (χ0) is 15.0. The average Bonchev–Trinajstić information content (AvgIpc) is 3.00. The van der Waals surface area contributed by atoms with Crippen LogP contribution in [0.5, 0.6) is 0 Å². The maximum Gasteiger partial charge on any atom is 0.325 e. The molecule has 0 aromatic heterocycles. The van der Waals surface area contributed by atoms with Gasteiger partial charge in [-0.05, 0) is 31.6 Å². The predicted octanol–water partition coefficient (Wildman–Crippen LogP) is 1.11. The predicted molar refractivity (Wildman–Crippen MR) is 76.4 cm³/mol. The molecule has 6 nitrogen and oxygen atoms in total. The van der Waals surface area contributed by atoms with Gasteiger partial charge in [-0.1, -0.05) is 19.8 Å². The summed E-state index contributed by atoms with van der Waals surface area (Å²) in [6.07, 6.45) is 5.44. The first-order valence-corrected chi connectivity index (χ1v) is 7.94. The number of hydrogen-bond acceptors (Lipinski definition) is 3. The summed E-state index contributed by atoms with van der Waals surface area (Å²) in [6, 6.07) is -0.402. The number of hydrogen-bond donors (Lipinski definition) is 1. The molecule has 4 amide bonds. The first kappa shape index (κ1) is 14.4. The first-order valence-electron chi connectivity index (χ1n) is 7.94. The molecule has 2 aliphatic heterocycles. The molecular formula is C15H23N3O3. The Morgan fingerprint density at radius 1 is 1.29 bits per heavy atom. The normalized spacial score (nSPS) is 28.3. The molecule has 1 atom stereocenters. The van der Waals surface area contributed by atoms with Crippen LogP contribution in [0.25, 0.3) is 0 Å². The Morgan fingerprint density at radius 3 is 2.67 bits per heavy atom. The van der Waals surface area contributed by atoms with Gasteiger partial charge in [0, 0.05) is 13.1 Å². The monoisotopic (exact) mass is 293 g/mol. The van der Waals surface area contributed by atoms with Crippen LogP contribution in [0.15, 0.2) is 0 Å². The molecule has 0 aromatic rings. The van der Waals surface area contributed by atoms with Gasteiger partial charge in [-0.3, -0.25) is 14.5 Å². The van der Waals surface area contributed by atoms with E-state index in [0.717, 1.165) is 43.7 Å². The third kappa shape index (κ3) is 2.51. The van der Waals surface area contributed by atoms with Crippen LogP contribution in [0.4, 0.5) is 4.79 Å². The smallest absolute Gasteiger partial charge is 0.325 e. The summed E-state index contributed by atoms with van der Waals surface area (Å²) in [6.45, 7) is 3.48. The second-order valence-corrected chi connectivity index (χ2v) is 6.70. The lowest BCUT2D eigenvalue weighted by Crippen LogP contribution is -2.47. The van der Waals surface area contributed by atoms with Crippen molar-refractivity contribution in [1.29, 1.82) is 0 Å². The molecule has 1 aliphatic carbocycles. The van der Waals surface area contributed by atoms with Gasteiger partial charge in [0.15, 0.2) is 0 Å². The highest BCUT2D eigenvalue weighted by atomic mass is 16.2. The Morgan fingerprint density at radius 2 is 2.00 bits per heavy atom. The van der Waals surface area contributed by atoms with E-state index in [-0.39, 0.29) is 18.4 Å². The van der Waals surface area contributed by atoms with Crippen molar-refractivity contribution >= 4 is 17.8 Å². The molecule has 3 fully saturated rings. The topological polar surface area (TPSA) is 69.7 Å². The van der Waals surface area contributed by atoms with Crippen molar-refractivity contribution in [3.63, 3.8) is 0 Å². The number of imide groups is 1. The van der Waals surface area contributed by atoms with Gasteiger partial charge in [0.05, 0.1) is 0 Å². The second-order valence-electron chi connectivity index (χ2n) is 6.70. The summed E-state index contributed by atoms with van der Waals surface area (Å²) in [4.78, 5) is 39.8. The average molecular weight is 293 g/mol. The Bertz CT molecular complexity index is 471. The van der Waals surface area contributed by atoms with Crippen LogP contribution in [0, 0.1) is 5.92 Å². The summed E-state index contributed by atoms with van der Waals surface area (Å²) in [5.74, 6) is 0.176. The van der Waals surface area contributed by atoms with Crippen molar-refractivity contribution < 1.29 is 14.4 Å². The maximum atomic E-state index is 12.5. The molecule has 3 aliphatic rings. The van der Waals surface area contributed by atoms with Crippen LogP contribution in [0.2, 0.25) is 0 Å². The minimum atomic E-state index is -0.716. The quantitative estimate of drug-likeness (QED) is 0.775. The van der Waals surface area contributed by atoms with Gasteiger partial charge in [-0.25, -0.2) is 4.79 Å². The standard InChI is InChI=1S/C15H23N3O3/c1-11-5-4-8-17(9-11)12(19)10-18-13(20)15(16-14(18)21)6-2-3-7-15/h11H,2-10H2,1H3,(H,16,21)/t11-/m0/s1. The van der Waals surface area contributed by atoms with Crippen molar-refractivity contribution in [2.24, 2.45) is 5.92 Å². The molecule has 6 heteroatoms. The molecule has 116 valence electrons. The van der Waals surface area contributed by atoms with Gasteiger partial charge < -0.3 is 10.2 Å². The summed E-state index contributed by atoms with van der Waals surface area (Å²) in [5.41, 5.74) is -0.716. The molecule has 2 saturated heterocycles. The van der Waals surface area contributed by atoms with Crippen LogP contribution in [0.3, 0.4) is 0 Å². The van der Waals surface area contributed by atoms with E-state index in [1.807, 2.05) is 0 Å². The lowest BCUT2D eigenvalue weighted by molar-refractivity contribution is -0.139. The van der Waals surface area contributed by atoms with Crippen molar-refractivity contribution in [1.82, 2.24) is 15.1 Å². The molecule has 0 unspecified atom stereocenters. The van der Waals surface area contributed by atoms with E-state index in [1.54, 1.807) is 4.90 Å². The summed E-state index contributed by atoms with van der Waals surface area (Å²) >= 11 is 0. The number of urea groups is 1. The van der Waals surface area contributed by atoms with Crippen LogP contribution >= 0.6 is 0 Å². The number of nitrogens with zero attached hydrogens (tertiary/aromatic N) is 2. The molecule has 0 radical (unpaired) electrons. The lowest BCUT2D eigenvalue weighted by atomic mass is 9.98. The zero-order valence-corrected chi connectivity index (χ0v) is 12.6. The van der Waals surface area contributed by atoms with Gasteiger partial charge in [-0.15, -0.1) is 0 Å². The van der Waals surface area contributed by atoms with Crippen LogP contribution in [0.1, 0.15) is 45.4 Å². The Labute approximate surface area is 124 Å². The molecule has 2 heterocycles. The second kappa shape index (κ2) is 5.31. The number of carbonyl (C=O) groups excluding carboxylic acids is 3. The highest BCUT2D eigenvalue weighted by Crippen LogP contribution is 2.35. The molecule has 0 aromatic carbocycles. The SMILES string of the molecule is C[C@H]1CCCN(C(=O)CN2C(=O)NC3(CCCC3)C2=O)C1. The van der Waals surface area contributed by atoms with Crippen LogP contribution in [-0.2, 0) is 9.59 Å². The fourth-order valence-corrected chi connectivity index (χ4v) is 3.79. The van der Waals surface area contributed by atoms with Crippen molar-refractivity contribution in [2.75, 3.05) is 19.6 Å². The van der Waals surface area contributed by atoms with Gasteiger partial charge in [0.1, 0.15) is 12.1 Å². The minimum Gasteiger partial charge on any atom is -0.341 e. The Kier molecular flexibility index (Phi) is 3.63. The van der Waals surface area contributed by atoms with E-state index in [9.17, 15) is 14.4 Å². The van der Waals surface area contributed by atoms with Gasteiger partial charge in [0.25, 0.3) is 5.91 Å². The molecule has 1 spiro atoms. The fourth-order valence-electron chi connectivity index (χ4n) is 3.79. The molecule has 1 saturated carbocycles. The van der Waals surface area contributed by atoms with Gasteiger partial charge >= 0.3 is 6.03 Å². The van der Waals surface area contributed by atoms with E-state index < -0.39 is 11.6 Å². The number of amides is 4. The Hall–Kier alpha value is -1.59. The zero-order valence-electron chi connectivity index (χ0n) is 12.6. The molecule has 21 heavy (non-hydrogen) atoms. The largest absolute Gasteiger partial charge is 0.341 e. The van der Waals surface area contributed by atoms with E-state index in [0.29, 0.717) is 18.8 Å². The first-order chi connectivity index (χ1) is 10.0. The van der Waals surface area contributed by atoms with Crippen LogP contribution < -0.4 is 5.32 Å². The highest BCUT2D eigenvalue weighted by molar-refractivity contribution is 6.09. The van der Waals surface area contributed by atoms with Crippen molar-refractivity contribution in [3.8, 4) is 0 Å². The maximum absolute atomic E-state index is 12.5. The third-order valence-electron chi connectivity index (χ3n) is 5.01. The summed E-state index contributed by atoms with van der Waals surface area (Å²) in [5, 5.41) is 2.81. The molecule has 3 rings (SSSR count). The van der Waals surface area contributed by atoms with Gasteiger partial charge in [0.2, 0.25) is 5.91 Å². The fraction of sp³-hybridized carbons (Fsp3) is 0.800. The number of piperidine rings is 1. The summed E-state index contributed by atoms with van der Waals surface area (Å²) in [7, 11) is 0.